The molecule has 3 rings (SSSR count). The van der Waals surface area contributed by atoms with Gasteiger partial charge in [-0.2, -0.15) is 0 Å². The van der Waals surface area contributed by atoms with E-state index in [9.17, 15) is 4.79 Å². The Kier molecular flexibility index (Phi) is 4.54. The van der Waals surface area contributed by atoms with E-state index in [0.717, 1.165) is 23.7 Å². The average molecular weight is 287 g/mol. The van der Waals surface area contributed by atoms with Crippen molar-refractivity contribution in [3.8, 4) is 0 Å². The number of pyridine rings is 1. The lowest BCUT2D eigenvalue weighted by Crippen LogP contribution is -2.55. The summed E-state index contributed by atoms with van der Waals surface area (Å²) in [5, 5.41) is 6.54. The number of fused-ring (bicyclic) bond motifs is 1. The van der Waals surface area contributed by atoms with Crippen molar-refractivity contribution in [3.63, 3.8) is 0 Å². The van der Waals surface area contributed by atoms with E-state index in [1.807, 2.05) is 19.1 Å². The Morgan fingerprint density at radius 2 is 2.24 bits per heavy atom. The molecule has 0 spiro atoms. The van der Waals surface area contributed by atoms with Gasteiger partial charge in [0.15, 0.2) is 0 Å². The number of rotatable bonds is 3. The van der Waals surface area contributed by atoms with Crippen molar-refractivity contribution in [2.24, 2.45) is 11.8 Å². The molecule has 2 aliphatic rings. The van der Waals surface area contributed by atoms with Crippen LogP contribution in [0.1, 0.15) is 43.4 Å². The van der Waals surface area contributed by atoms with E-state index in [0.29, 0.717) is 12.5 Å². The Morgan fingerprint density at radius 3 is 3.10 bits per heavy atom. The van der Waals surface area contributed by atoms with Crippen LogP contribution in [0.15, 0.2) is 18.3 Å². The zero-order valence-corrected chi connectivity index (χ0v) is 12.8. The number of piperidine rings is 1. The molecule has 1 aromatic rings. The minimum Gasteiger partial charge on any atom is -0.351 e. The molecule has 4 heteroatoms. The van der Waals surface area contributed by atoms with Crippen LogP contribution in [0.25, 0.3) is 0 Å². The summed E-state index contributed by atoms with van der Waals surface area (Å²) >= 11 is 0. The molecular weight excluding hydrogens is 262 g/mol. The monoisotopic (exact) mass is 287 g/mol. The van der Waals surface area contributed by atoms with Crippen LogP contribution in [-0.2, 0) is 11.3 Å². The first kappa shape index (κ1) is 14.5. The molecule has 1 aromatic heterocycles. The lowest BCUT2D eigenvalue weighted by Gasteiger charge is -2.41. The third-order valence-corrected chi connectivity index (χ3v) is 5.13. The smallest absolute Gasteiger partial charge is 0.237 e. The van der Waals surface area contributed by atoms with E-state index in [-0.39, 0.29) is 11.9 Å². The summed E-state index contributed by atoms with van der Waals surface area (Å²) in [4.78, 5) is 16.8. The van der Waals surface area contributed by atoms with Crippen LogP contribution >= 0.6 is 0 Å². The molecule has 4 nitrogen and oxygen atoms in total. The number of aryl methyl sites for hydroxylation is 1. The highest BCUT2D eigenvalue weighted by Gasteiger charge is 2.38. The molecule has 1 aliphatic heterocycles. The van der Waals surface area contributed by atoms with Gasteiger partial charge in [-0.3, -0.25) is 9.78 Å². The highest BCUT2D eigenvalue weighted by molar-refractivity contribution is 5.82. The predicted molar refractivity (Wildman–Crippen MR) is 82.7 cm³/mol. The first-order chi connectivity index (χ1) is 10.3. The van der Waals surface area contributed by atoms with Crippen LogP contribution in [0, 0.1) is 18.8 Å². The zero-order chi connectivity index (χ0) is 14.7. The normalized spacial score (nSPS) is 28.7. The summed E-state index contributed by atoms with van der Waals surface area (Å²) in [5.74, 6) is 1.44. The van der Waals surface area contributed by atoms with Crippen LogP contribution < -0.4 is 10.6 Å². The van der Waals surface area contributed by atoms with Crippen LogP contribution in [0.3, 0.4) is 0 Å². The maximum absolute atomic E-state index is 12.5. The molecule has 3 atom stereocenters. The third kappa shape index (κ3) is 3.26. The first-order valence-electron chi connectivity index (χ1n) is 8.17. The van der Waals surface area contributed by atoms with E-state index >= 15 is 0 Å². The fourth-order valence-electron chi connectivity index (χ4n) is 3.89. The second-order valence-electron chi connectivity index (χ2n) is 6.39. The molecule has 1 amide bonds. The fourth-order valence-corrected chi connectivity index (χ4v) is 3.89. The average Bonchev–Trinajstić information content (AvgIpc) is 2.53. The van der Waals surface area contributed by atoms with Crippen molar-refractivity contribution >= 4 is 5.91 Å². The number of nitrogens with one attached hydrogen (secondary N) is 2. The highest BCUT2D eigenvalue weighted by Crippen LogP contribution is 2.36. The van der Waals surface area contributed by atoms with Gasteiger partial charge in [-0.15, -0.1) is 0 Å². The minimum absolute atomic E-state index is 0.000951. The van der Waals surface area contributed by atoms with Crippen molar-refractivity contribution in [1.29, 1.82) is 0 Å². The number of nitrogens with zero attached hydrogens (tertiary/aromatic N) is 1. The quantitative estimate of drug-likeness (QED) is 0.896. The van der Waals surface area contributed by atoms with E-state index in [2.05, 4.69) is 15.6 Å². The Balaban J connectivity index is 1.60. The van der Waals surface area contributed by atoms with E-state index < -0.39 is 0 Å². The van der Waals surface area contributed by atoms with Crippen molar-refractivity contribution in [2.75, 3.05) is 6.54 Å². The Labute approximate surface area is 126 Å². The molecule has 0 radical (unpaired) electrons. The summed E-state index contributed by atoms with van der Waals surface area (Å²) in [6.07, 6.45) is 8.13. The van der Waals surface area contributed by atoms with Crippen LogP contribution in [0.4, 0.5) is 0 Å². The van der Waals surface area contributed by atoms with Crippen LogP contribution in [-0.4, -0.2) is 23.5 Å². The molecule has 3 unspecified atom stereocenters. The molecule has 2 fully saturated rings. The molecule has 1 aliphatic carbocycles. The van der Waals surface area contributed by atoms with Gasteiger partial charge in [0.1, 0.15) is 0 Å². The third-order valence-electron chi connectivity index (χ3n) is 5.13. The fraction of sp³-hybridized carbons (Fsp3) is 0.647. The maximum Gasteiger partial charge on any atom is 0.237 e. The summed E-state index contributed by atoms with van der Waals surface area (Å²) in [6, 6.07) is 3.95. The predicted octanol–water partition coefficient (Wildman–Crippen LogP) is 2.17. The lowest BCUT2D eigenvalue weighted by molar-refractivity contribution is -0.126. The lowest BCUT2D eigenvalue weighted by atomic mass is 9.71. The summed E-state index contributed by atoms with van der Waals surface area (Å²) in [7, 11) is 0. The standard InChI is InChI=1S/C17H25N3O/c1-12-14(6-4-9-18-12)11-20-17(21)16-15-7-3-2-5-13(15)8-10-19-16/h4,6,9,13,15-16,19H,2-3,5,7-8,10-11H2,1H3,(H,20,21). The van der Waals surface area contributed by atoms with E-state index in [1.54, 1.807) is 6.20 Å². The molecule has 0 aromatic carbocycles. The zero-order valence-electron chi connectivity index (χ0n) is 12.8. The summed E-state index contributed by atoms with van der Waals surface area (Å²) in [6.45, 7) is 3.54. The summed E-state index contributed by atoms with van der Waals surface area (Å²) in [5.41, 5.74) is 2.09. The van der Waals surface area contributed by atoms with Gasteiger partial charge in [-0.25, -0.2) is 0 Å². The molecule has 1 saturated carbocycles. The number of aromatic nitrogens is 1. The molecule has 1 saturated heterocycles. The second-order valence-corrected chi connectivity index (χ2v) is 6.39. The highest BCUT2D eigenvalue weighted by atomic mass is 16.2. The number of hydrogen-bond donors (Lipinski definition) is 2. The van der Waals surface area contributed by atoms with Gasteiger partial charge in [0, 0.05) is 18.4 Å². The second kappa shape index (κ2) is 6.56. The largest absolute Gasteiger partial charge is 0.351 e. The van der Waals surface area contributed by atoms with Gasteiger partial charge >= 0.3 is 0 Å². The van der Waals surface area contributed by atoms with Gasteiger partial charge in [0.05, 0.1) is 6.04 Å². The van der Waals surface area contributed by atoms with Gasteiger partial charge in [-0.1, -0.05) is 25.3 Å². The topological polar surface area (TPSA) is 54.0 Å². The summed E-state index contributed by atoms with van der Waals surface area (Å²) < 4.78 is 0. The number of carbonyl (C=O) groups is 1. The molecule has 114 valence electrons. The minimum atomic E-state index is 0.000951. The molecule has 2 heterocycles. The molecule has 0 bridgehead atoms. The van der Waals surface area contributed by atoms with Gasteiger partial charge in [0.2, 0.25) is 5.91 Å². The Hall–Kier alpha value is -1.42. The number of hydrogen-bond acceptors (Lipinski definition) is 3. The van der Waals surface area contributed by atoms with Gasteiger partial charge in [-0.05, 0) is 49.8 Å². The van der Waals surface area contributed by atoms with Crippen molar-refractivity contribution in [2.45, 2.75) is 51.6 Å². The van der Waals surface area contributed by atoms with Crippen molar-refractivity contribution in [1.82, 2.24) is 15.6 Å². The molecule has 21 heavy (non-hydrogen) atoms. The van der Waals surface area contributed by atoms with Crippen LogP contribution in [0.2, 0.25) is 0 Å². The number of amides is 1. The Morgan fingerprint density at radius 1 is 1.38 bits per heavy atom. The molecular formula is C17H25N3O. The molecule has 2 N–H and O–H groups in total. The van der Waals surface area contributed by atoms with E-state index in [1.165, 1.54) is 32.1 Å². The van der Waals surface area contributed by atoms with Crippen LogP contribution in [0.5, 0.6) is 0 Å². The SMILES string of the molecule is Cc1ncccc1CNC(=O)C1NCCC2CCCCC21. The van der Waals surface area contributed by atoms with Gasteiger partial charge in [0.25, 0.3) is 0 Å². The van der Waals surface area contributed by atoms with Gasteiger partial charge < -0.3 is 10.6 Å². The maximum atomic E-state index is 12.5. The Bertz CT molecular complexity index is 501. The van der Waals surface area contributed by atoms with E-state index in [4.69, 9.17) is 0 Å². The van der Waals surface area contributed by atoms with Crippen molar-refractivity contribution < 1.29 is 4.79 Å². The number of carbonyl (C=O) groups excluding carboxylic acids is 1. The van der Waals surface area contributed by atoms with Crippen molar-refractivity contribution in [3.05, 3.63) is 29.6 Å². The first-order valence-corrected chi connectivity index (χ1v) is 8.17.